The molecule has 3 rings (SSSR count). The molecular weight excluding hydrogens is 226 g/mol. The van der Waals surface area contributed by atoms with Gasteiger partial charge in [0.2, 0.25) is 0 Å². The van der Waals surface area contributed by atoms with Crippen LogP contribution in [0.4, 0.5) is 0 Å². The van der Waals surface area contributed by atoms with Crippen molar-refractivity contribution in [1.29, 1.82) is 0 Å². The highest BCUT2D eigenvalue weighted by Crippen LogP contribution is 2.24. The second kappa shape index (κ2) is 4.14. The van der Waals surface area contributed by atoms with E-state index in [1.165, 1.54) is 0 Å². The molecule has 0 unspecified atom stereocenters. The van der Waals surface area contributed by atoms with Gasteiger partial charge in [0.05, 0.1) is 11.7 Å². The molecule has 3 aromatic rings. The van der Waals surface area contributed by atoms with Gasteiger partial charge in [-0.05, 0) is 31.2 Å². The Balaban J connectivity index is 2.12. The van der Waals surface area contributed by atoms with Gasteiger partial charge in [-0.2, -0.15) is 5.10 Å². The molecule has 1 N–H and O–H groups in total. The Morgan fingerprint density at radius 2 is 2.06 bits per heavy atom. The molecule has 2 heterocycles. The number of pyridine rings is 1. The van der Waals surface area contributed by atoms with Gasteiger partial charge < -0.3 is 5.11 Å². The summed E-state index contributed by atoms with van der Waals surface area (Å²) >= 11 is 0. The molecule has 0 aliphatic heterocycles. The molecule has 0 atom stereocenters. The highest BCUT2D eigenvalue weighted by atomic mass is 16.3. The fourth-order valence-corrected chi connectivity index (χ4v) is 1.91. The molecule has 89 valence electrons. The van der Waals surface area contributed by atoms with Crippen molar-refractivity contribution in [2.45, 2.75) is 6.54 Å². The smallest absolute Gasteiger partial charge is 0.116 e. The Hall–Kier alpha value is -2.36. The minimum absolute atomic E-state index is 0.245. The summed E-state index contributed by atoms with van der Waals surface area (Å²) in [5.74, 6) is 0.245. The lowest BCUT2D eigenvalue weighted by atomic mass is 10.1. The molecule has 0 aliphatic rings. The van der Waals surface area contributed by atoms with Crippen LogP contribution in [-0.4, -0.2) is 19.9 Å². The number of aromatic nitrogens is 3. The van der Waals surface area contributed by atoms with Gasteiger partial charge in [-0.15, -0.1) is 0 Å². The number of fused-ring (bicyclic) bond motifs is 1. The Morgan fingerprint density at radius 3 is 2.83 bits per heavy atom. The molecule has 0 saturated carbocycles. The van der Waals surface area contributed by atoms with Crippen LogP contribution >= 0.6 is 0 Å². The van der Waals surface area contributed by atoms with Gasteiger partial charge in [0.1, 0.15) is 5.75 Å². The Labute approximate surface area is 105 Å². The van der Waals surface area contributed by atoms with E-state index in [2.05, 4.69) is 17.0 Å². The molecule has 4 nitrogen and oxygen atoms in total. The maximum atomic E-state index is 9.48. The molecule has 4 heteroatoms. The maximum Gasteiger partial charge on any atom is 0.116 e. The molecule has 0 bridgehead atoms. The van der Waals surface area contributed by atoms with Crippen molar-refractivity contribution >= 4 is 10.9 Å². The van der Waals surface area contributed by atoms with Gasteiger partial charge in [-0.1, -0.05) is 0 Å². The van der Waals surface area contributed by atoms with Gasteiger partial charge in [0, 0.05) is 35.5 Å². The molecule has 0 saturated heterocycles. The zero-order chi connectivity index (χ0) is 12.5. The summed E-state index contributed by atoms with van der Waals surface area (Å²) in [5, 5.41) is 14.6. The highest BCUT2D eigenvalue weighted by molar-refractivity contribution is 5.84. The normalized spacial score (nSPS) is 10.9. The highest BCUT2D eigenvalue weighted by Gasteiger charge is 2.04. The van der Waals surface area contributed by atoms with Crippen LogP contribution in [0, 0.1) is 6.92 Å². The minimum atomic E-state index is 0.245. The largest absolute Gasteiger partial charge is 0.508 e. The second-order valence-corrected chi connectivity index (χ2v) is 4.09. The van der Waals surface area contributed by atoms with Crippen molar-refractivity contribution in [1.82, 2.24) is 14.8 Å². The van der Waals surface area contributed by atoms with Crippen LogP contribution in [-0.2, 0) is 6.54 Å². The van der Waals surface area contributed by atoms with Crippen molar-refractivity contribution < 1.29 is 5.11 Å². The lowest BCUT2D eigenvalue weighted by Crippen LogP contribution is -1.92. The first-order chi connectivity index (χ1) is 8.76. The van der Waals surface area contributed by atoms with Crippen molar-refractivity contribution in [2.24, 2.45) is 0 Å². The van der Waals surface area contributed by atoms with Crippen molar-refractivity contribution in [3.8, 4) is 16.9 Å². The molecule has 0 spiro atoms. The van der Waals surface area contributed by atoms with E-state index in [1.54, 1.807) is 29.1 Å². The van der Waals surface area contributed by atoms with Crippen LogP contribution in [0.25, 0.3) is 22.0 Å². The van der Waals surface area contributed by atoms with Gasteiger partial charge >= 0.3 is 0 Å². The number of aromatic hydroxyl groups is 1. The van der Waals surface area contributed by atoms with Crippen LogP contribution < -0.4 is 0 Å². The Kier molecular flexibility index (Phi) is 2.48. The number of rotatable bonds is 2. The van der Waals surface area contributed by atoms with E-state index < -0.39 is 0 Å². The van der Waals surface area contributed by atoms with E-state index in [0.717, 1.165) is 22.0 Å². The molecule has 0 aliphatic carbocycles. The standard InChI is InChI=1S/C14H12N3O/c1-2-17-9-12(8-16-17)11-5-10-6-13(18)3-4-14(10)15-7-11/h3-9,18H,1-2H2. The number of phenols is 1. The zero-order valence-electron chi connectivity index (χ0n) is 9.74. The number of benzene rings is 1. The summed E-state index contributed by atoms with van der Waals surface area (Å²) in [4.78, 5) is 4.37. The molecule has 1 radical (unpaired) electrons. The summed E-state index contributed by atoms with van der Waals surface area (Å²) < 4.78 is 1.77. The molecule has 0 fully saturated rings. The maximum absolute atomic E-state index is 9.48. The monoisotopic (exact) mass is 238 g/mol. The third-order valence-corrected chi connectivity index (χ3v) is 2.86. The topological polar surface area (TPSA) is 50.9 Å². The van der Waals surface area contributed by atoms with Gasteiger partial charge in [-0.25, -0.2) is 0 Å². The summed E-state index contributed by atoms with van der Waals surface area (Å²) in [5.41, 5.74) is 2.84. The van der Waals surface area contributed by atoms with Gasteiger partial charge in [-0.3, -0.25) is 9.67 Å². The van der Waals surface area contributed by atoms with Crippen LogP contribution in [0.5, 0.6) is 5.75 Å². The Bertz CT molecular complexity index is 703. The Morgan fingerprint density at radius 1 is 1.17 bits per heavy atom. The van der Waals surface area contributed by atoms with E-state index in [9.17, 15) is 5.11 Å². The zero-order valence-corrected chi connectivity index (χ0v) is 9.74. The predicted molar refractivity (Wildman–Crippen MR) is 70.0 cm³/mol. The summed E-state index contributed by atoms with van der Waals surface area (Å²) in [6.07, 6.45) is 5.53. The van der Waals surface area contributed by atoms with E-state index in [1.807, 2.05) is 18.5 Å². The minimum Gasteiger partial charge on any atom is -0.508 e. The van der Waals surface area contributed by atoms with Crippen LogP contribution in [0.15, 0.2) is 42.9 Å². The van der Waals surface area contributed by atoms with Gasteiger partial charge in [0.15, 0.2) is 0 Å². The first kappa shape index (κ1) is 10.8. The lowest BCUT2D eigenvalue weighted by molar-refractivity contribution is 0.476. The fourth-order valence-electron chi connectivity index (χ4n) is 1.91. The van der Waals surface area contributed by atoms with Crippen LogP contribution in [0.2, 0.25) is 0 Å². The average Bonchev–Trinajstić information content (AvgIpc) is 2.86. The summed E-state index contributed by atoms with van der Waals surface area (Å²) in [6, 6.07) is 7.13. The average molecular weight is 238 g/mol. The summed E-state index contributed by atoms with van der Waals surface area (Å²) in [6.45, 7) is 4.38. The first-order valence-electron chi connectivity index (χ1n) is 5.67. The van der Waals surface area contributed by atoms with Crippen molar-refractivity contribution in [3.63, 3.8) is 0 Å². The van der Waals surface area contributed by atoms with Gasteiger partial charge in [0.25, 0.3) is 0 Å². The molecule has 1 aromatic carbocycles. The fraction of sp³-hybridized carbons (Fsp3) is 0.0714. The van der Waals surface area contributed by atoms with Crippen LogP contribution in [0.1, 0.15) is 0 Å². The molecule has 2 aromatic heterocycles. The SMILES string of the molecule is [CH2]Cn1cc(-c2cnc3ccc(O)cc3c2)cn1. The van der Waals surface area contributed by atoms with Crippen molar-refractivity contribution in [3.05, 3.63) is 49.8 Å². The predicted octanol–water partition coefficient (Wildman–Crippen LogP) is 2.64. The van der Waals surface area contributed by atoms with Crippen molar-refractivity contribution in [2.75, 3.05) is 0 Å². The molecule has 0 amide bonds. The summed E-state index contributed by atoms with van der Waals surface area (Å²) in [7, 11) is 0. The number of phenolic OH excluding ortho intramolecular Hbond substituents is 1. The number of hydrogen-bond acceptors (Lipinski definition) is 3. The quantitative estimate of drug-likeness (QED) is 0.746. The second-order valence-electron chi connectivity index (χ2n) is 4.09. The van der Waals surface area contributed by atoms with E-state index >= 15 is 0 Å². The third-order valence-electron chi connectivity index (χ3n) is 2.86. The number of hydrogen-bond donors (Lipinski definition) is 1. The van der Waals surface area contributed by atoms with E-state index in [4.69, 9.17) is 0 Å². The van der Waals surface area contributed by atoms with E-state index in [-0.39, 0.29) is 5.75 Å². The lowest BCUT2D eigenvalue weighted by Gasteiger charge is -2.01. The van der Waals surface area contributed by atoms with E-state index in [0.29, 0.717) is 6.54 Å². The van der Waals surface area contributed by atoms with Crippen LogP contribution in [0.3, 0.4) is 0 Å². The third kappa shape index (κ3) is 1.82. The molecule has 18 heavy (non-hydrogen) atoms. The molecular formula is C14H12N3O. The first-order valence-corrected chi connectivity index (χ1v) is 5.67. The number of nitrogens with zero attached hydrogens (tertiary/aromatic N) is 3.